The van der Waals surface area contributed by atoms with Crippen LogP contribution < -0.4 is 5.32 Å². The second-order valence-corrected chi connectivity index (χ2v) is 6.81. The summed E-state index contributed by atoms with van der Waals surface area (Å²) in [5, 5.41) is 3.06. The summed E-state index contributed by atoms with van der Waals surface area (Å²) in [5.74, 6) is -0.133. The zero-order valence-electron chi connectivity index (χ0n) is 14.3. The van der Waals surface area contributed by atoms with Gasteiger partial charge in [0.15, 0.2) is 5.78 Å². The van der Waals surface area contributed by atoms with Gasteiger partial charge in [-0.25, -0.2) is 0 Å². The minimum Gasteiger partial charge on any atom is -0.339 e. The highest BCUT2D eigenvalue weighted by molar-refractivity contribution is 6.07. The van der Waals surface area contributed by atoms with Crippen LogP contribution in [0.4, 0.5) is 0 Å². The van der Waals surface area contributed by atoms with Crippen LogP contribution in [0.3, 0.4) is 0 Å². The molecular formula is C21H23NO2. The third-order valence-electron chi connectivity index (χ3n) is 4.76. The molecule has 24 heavy (non-hydrogen) atoms. The number of nitrogens with one attached hydrogen (secondary N) is 1. The highest BCUT2D eigenvalue weighted by Crippen LogP contribution is 2.33. The molecule has 3 heteroatoms. The summed E-state index contributed by atoms with van der Waals surface area (Å²) in [7, 11) is 0. The summed E-state index contributed by atoms with van der Waals surface area (Å²) in [6, 6.07) is 15.0. The fraction of sp³-hybridized carbons (Fsp3) is 0.333. The number of carbonyl (C=O) groups excluding carboxylic acids is 2. The minimum absolute atomic E-state index is 0.0380. The fourth-order valence-corrected chi connectivity index (χ4v) is 3.65. The molecule has 0 radical (unpaired) electrons. The lowest BCUT2D eigenvalue weighted by atomic mass is 9.86. The van der Waals surface area contributed by atoms with Crippen LogP contribution in [-0.4, -0.2) is 17.2 Å². The first-order valence-electron chi connectivity index (χ1n) is 8.51. The molecule has 0 atom stereocenters. The van der Waals surface area contributed by atoms with Crippen molar-refractivity contribution in [2.45, 2.75) is 45.1 Å². The van der Waals surface area contributed by atoms with E-state index >= 15 is 0 Å². The number of amides is 1. The van der Waals surface area contributed by atoms with Gasteiger partial charge >= 0.3 is 0 Å². The molecular weight excluding hydrogens is 298 g/mol. The van der Waals surface area contributed by atoms with Crippen molar-refractivity contribution in [2.24, 2.45) is 0 Å². The van der Waals surface area contributed by atoms with Crippen molar-refractivity contribution in [1.82, 2.24) is 5.32 Å². The summed E-state index contributed by atoms with van der Waals surface area (Å²) in [5.41, 5.74) is 2.66. The normalized spacial score (nSPS) is 15.9. The van der Waals surface area contributed by atoms with Gasteiger partial charge in [-0.1, -0.05) is 48.2 Å². The summed E-state index contributed by atoms with van der Waals surface area (Å²) >= 11 is 0. The maximum Gasteiger partial charge on any atom is 0.252 e. The monoisotopic (exact) mass is 321 g/mol. The average molecular weight is 321 g/mol. The molecule has 1 N–H and O–H groups in total. The fourth-order valence-electron chi connectivity index (χ4n) is 3.65. The van der Waals surface area contributed by atoms with E-state index in [2.05, 4.69) is 11.4 Å². The molecule has 2 aromatic carbocycles. The van der Waals surface area contributed by atoms with Crippen LogP contribution in [0.5, 0.6) is 0 Å². The number of ketones is 1. The lowest BCUT2D eigenvalue weighted by molar-refractivity contribution is 0.0770. The van der Waals surface area contributed by atoms with Gasteiger partial charge in [0.2, 0.25) is 0 Å². The first-order valence-corrected chi connectivity index (χ1v) is 8.51. The van der Waals surface area contributed by atoms with E-state index in [0.717, 1.165) is 24.0 Å². The summed E-state index contributed by atoms with van der Waals surface area (Å²) in [6.45, 7) is 3.99. The number of Topliss-reactive ketones (excluding diaryl/α,β-unsaturated/α-hetero) is 1. The van der Waals surface area contributed by atoms with Crippen molar-refractivity contribution in [3.8, 4) is 0 Å². The lowest BCUT2D eigenvalue weighted by Gasteiger charge is -2.29. The topological polar surface area (TPSA) is 46.2 Å². The Morgan fingerprint density at radius 3 is 2.04 bits per heavy atom. The van der Waals surface area contributed by atoms with E-state index in [-0.39, 0.29) is 11.7 Å². The van der Waals surface area contributed by atoms with Crippen molar-refractivity contribution in [1.29, 1.82) is 0 Å². The van der Waals surface area contributed by atoms with Gasteiger partial charge in [-0.15, -0.1) is 0 Å². The molecule has 3 rings (SSSR count). The summed E-state index contributed by atoms with van der Waals surface area (Å²) in [4.78, 5) is 25.8. The van der Waals surface area contributed by atoms with Crippen molar-refractivity contribution < 1.29 is 9.59 Å². The molecule has 124 valence electrons. The summed E-state index contributed by atoms with van der Waals surface area (Å²) in [6.07, 6.45) is 3.34. The molecule has 3 nitrogen and oxygen atoms in total. The molecule has 1 aliphatic rings. The molecule has 0 aliphatic heterocycles. The maximum absolute atomic E-state index is 13.2. The third-order valence-corrected chi connectivity index (χ3v) is 4.76. The van der Waals surface area contributed by atoms with Crippen LogP contribution in [0.2, 0.25) is 0 Å². The highest BCUT2D eigenvalue weighted by atomic mass is 16.2. The largest absolute Gasteiger partial charge is 0.339 e. The van der Waals surface area contributed by atoms with Crippen molar-refractivity contribution in [2.75, 3.05) is 0 Å². The quantitative estimate of drug-likeness (QED) is 0.857. The van der Waals surface area contributed by atoms with Crippen LogP contribution in [0.1, 0.15) is 57.5 Å². The highest BCUT2D eigenvalue weighted by Gasteiger charge is 2.42. The van der Waals surface area contributed by atoms with Gasteiger partial charge in [0.05, 0.1) is 0 Å². The van der Waals surface area contributed by atoms with E-state index in [9.17, 15) is 9.59 Å². The Balaban J connectivity index is 1.90. The van der Waals surface area contributed by atoms with E-state index in [4.69, 9.17) is 0 Å². The Kier molecular flexibility index (Phi) is 4.52. The minimum atomic E-state index is -0.771. The van der Waals surface area contributed by atoms with Crippen LogP contribution in [-0.2, 0) is 0 Å². The SMILES string of the molecule is Cc1cc(C)cc(C(=O)C2(NC(=O)c3ccccc3)CCCC2)c1. The van der Waals surface area contributed by atoms with E-state index < -0.39 is 5.54 Å². The third kappa shape index (κ3) is 3.25. The van der Waals surface area contributed by atoms with Crippen molar-refractivity contribution in [3.05, 3.63) is 70.8 Å². The average Bonchev–Trinajstić information content (AvgIpc) is 3.03. The van der Waals surface area contributed by atoms with Gasteiger partial charge < -0.3 is 5.32 Å². The maximum atomic E-state index is 13.2. The number of hydrogen-bond donors (Lipinski definition) is 1. The van der Waals surface area contributed by atoms with Gasteiger partial charge in [-0.2, -0.15) is 0 Å². The first-order chi connectivity index (χ1) is 11.5. The van der Waals surface area contributed by atoms with E-state index in [0.29, 0.717) is 24.0 Å². The molecule has 1 saturated carbocycles. The number of rotatable bonds is 4. The molecule has 1 amide bonds. The van der Waals surface area contributed by atoms with Crippen LogP contribution >= 0.6 is 0 Å². The van der Waals surface area contributed by atoms with Crippen LogP contribution in [0.25, 0.3) is 0 Å². The van der Waals surface area contributed by atoms with Crippen molar-refractivity contribution >= 4 is 11.7 Å². The Hall–Kier alpha value is -2.42. The zero-order valence-corrected chi connectivity index (χ0v) is 14.3. The van der Waals surface area contributed by atoms with E-state index in [1.54, 1.807) is 12.1 Å². The smallest absolute Gasteiger partial charge is 0.252 e. The molecule has 1 aliphatic carbocycles. The number of benzene rings is 2. The van der Waals surface area contributed by atoms with Crippen molar-refractivity contribution in [3.63, 3.8) is 0 Å². The second-order valence-electron chi connectivity index (χ2n) is 6.81. The molecule has 0 spiro atoms. The molecule has 1 fully saturated rings. The standard InChI is InChI=1S/C21H23NO2/c1-15-12-16(2)14-18(13-15)19(23)21(10-6-7-11-21)22-20(24)17-8-4-3-5-9-17/h3-5,8-9,12-14H,6-7,10-11H2,1-2H3,(H,22,24). The molecule has 0 saturated heterocycles. The first kappa shape index (κ1) is 16.4. The van der Waals surface area contributed by atoms with E-state index in [1.165, 1.54) is 0 Å². The van der Waals surface area contributed by atoms with Gasteiger partial charge in [0, 0.05) is 11.1 Å². The molecule has 0 aromatic heterocycles. The summed E-state index contributed by atoms with van der Waals surface area (Å²) < 4.78 is 0. The van der Waals surface area contributed by atoms with Gasteiger partial charge in [-0.3, -0.25) is 9.59 Å². The number of aryl methyl sites for hydroxylation is 2. The van der Waals surface area contributed by atoms with Crippen LogP contribution in [0, 0.1) is 13.8 Å². The van der Waals surface area contributed by atoms with Gasteiger partial charge in [0.1, 0.15) is 5.54 Å². The number of carbonyl (C=O) groups is 2. The van der Waals surface area contributed by atoms with E-state index in [1.807, 2.05) is 44.2 Å². The predicted octanol–water partition coefficient (Wildman–Crippen LogP) is 4.23. The Morgan fingerprint density at radius 2 is 1.46 bits per heavy atom. The Morgan fingerprint density at radius 1 is 0.875 bits per heavy atom. The Labute approximate surface area is 143 Å². The second kappa shape index (κ2) is 6.60. The lowest BCUT2D eigenvalue weighted by Crippen LogP contribution is -2.52. The Bertz CT molecular complexity index is 738. The zero-order chi connectivity index (χ0) is 17.2. The molecule has 2 aromatic rings. The van der Waals surface area contributed by atoms with Gasteiger partial charge in [0.25, 0.3) is 5.91 Å². The van der Waals surface area contributed by atoms with Crippen LogP contribution in [0.15, 0.2) is 48.5 Å². The molecule has 0 bridgehead atoms. The predicted molar refractivity (Wildman–Crippen MR) is 95.4 cm³/mol. The molecule has 0 heterocycles. The number of hydrogen-bond acceptors (Lipinski definition) is 2. The molecule has 0 unspecified atom stereocenters. The van der Waals surface area contributed by atoms with Gasteiger partial charge in [-0.05, 0) is 51.0 Å².